The average molecular weight is 143 g/mol. The van der Waals surface area contributed by atoms with Gasteiger partial charge in [-0.15, -0.1) is 0 Å². The van der Waals surface area contributed by atoms with Crippen LogP contribution < -0.4 is 5.32 Å². The molecule has 4 nitrogen and oxygen atoms in total. The number of hydrogen-bond donors (Lipinski definition) is 2. The van der Waals surface area contributed by atoms with E-state index in [1.54, 1.807) is 0 Å². The van der Waals surface area contributed by atoms with Gasteiger partial charge < -0.3 is 10.4 Å². The molecule has 0 aliphatic rings. The minimum absolute atomic E-state index is 0.00463. The first kappa shape index (κ1) is 8.68. The molecule has 0 aliphatic heterocycles. The fourth-order valence-electron chi connectivity index (χ4n) is 0.307. The van der Waals surface area contributed by atoms with Crippen molar-refractivity contribution < 1.29 is 14.7 Å². The lowest BCUT2D eigenvalue weighted by Gasteiger charge is -1.99. The second kappa shape index (κ2) is 3.66. The molecule has 0 heterocycles. The van der Waals surface area contributed by atoms with Gasteiger partial charge in [0.1, 0.15) is 0 Å². The molecular weight excluding hydrogens is 134 g/mol. The van der Waals surface area contributed by atoms with Gasteiger partial charge in [-0.2, -0.15) is 0 Å². The summed E-state index contributed by atoms with van der Waals surface area (Å²) in [4.78, 5) is 20.3. The van der Waals surface area contributed by atoms with Gasteiger partial charge in [0.15, 0.2) is 0 Å². The standard InChI is InChI=1S/C6H9NO3/c1-4(6(9)10)3-7-5(2)8/h1,3H2,2H3,(H,7,8)(H,9,10). The van der Waals surface area contributed by atoms with E-state index in [9.17, 15) is 9.59 Å². The molecule has 0 saturated heterocycles. The highest BCUT2D eigenvalue weighted by molar-refractivity contribution is 5.87. The third-order valence-corrected chi connectivity index (χ3v) is 0.853. The maximum Gasteiger partial charge on any atom is 0.332 e. The number of aliphatic carboxylic acids is 1. The predicted molar refractivity (Wildman–Crippen MR) is 35.5 cm³/mol. The summed E-state index contributed by atoms with van der Waals surface area (Å²) in [6.45, 7) is 4.53. The van der Waals surface area contributed by atoms with Crippen LogP contribution in [0.4, 0.5) is 0 Å². The molecule has 0 rings (SSSR count). The molecule has 0 fully saturated rings. The fourth-order valence-corrected chi connectivity index (χ4v) is 0.307. The van der Waals surface area contributed by atoms with Gasteiger partial charge in [-0.3, -0.25) is 4.79 Å². The van der Waals surface area contributed by atoms with E-state index in [4.69, 9.17) is 5.11 Å². The Bertz CT molecular complexity index is 174. The Balaban J connectivity index is 3.60. The van der Waals surface area contributed by atoms with Gasteiger partial charge >= 0.3 is 5.97 Å². The molecule has 56 valence electrons. The summed E-state index contributed by atoms with van der Waals surface area (Å²) < 4.78 is 0. The maximum absolute atomic E-state index is 10.2. The van der Waals surface area contributed by atoms with Crippen LogP contribution in [0.3, 0.4) is 0 Å². The number of carboxylic acids is 1. The van der Waals surface area contributed by atoms with E-state index in [2.05, 4.69) is 11.9 Å². The van der Waals surface area contributed by atoms with E-state index in [0.717, 1.165) is 0 Å². The van der Waals surface area contributed by atoms with Crippen molar-refractivity contribution >= 4 is 11.9 Å². The van der Waals surface area contributed by atoms with Crippen LogP contribution >= 0.6 is 0 Å². The molecular formula is C6H9NO3. The topological polar surface area (TPSA) is 66.4 Å². The summed E-state index contributed by atoms with van der Waals surface area (Å²) in [5, 5.41) is 10.6. The molecule has 0 aliphatic carbocycles. The third kappa shape index (κ3) is 3.65. The molecule has 10 heavy (non-hydrogen) atoms. The van der Waals surface area contributed by atoms with Gasteiger partial charge in [0, 0.05) is 19.0 Å². The van der Waals surface area contributed by atoms with Crippen molar-refractivity contribution in [3.05, 3.63) is 12.2 Å². The van der Waals surface area contributed by atoms with Crippen LogP contribution in [0, 0.1) is 0 Å². The Labute approximate surface area is 58.5 Å². The van der Waals surface area contributed by atoms with Crippen LogP contribution in [-0.4, -0.2) is 23.5 Å². The summed E-state index contributed by atoms with van der Waals surface area (Å²) in [7, 11) is 0. The minimum Gasteiger partial charge on any atom is -0.478 e. The monoisotopic (exact) mass is 143 g/mol. The first-order valence-corrected chi connectivity index (χ1v) is 2.69. The first-order chi connectivity index (χ1) is 4.54. The lowest BCUT2D eigenvalue weighted by Crippen LogP contribution is -2.24. The third-order valence-electron chi connectivity index (χ3n) is 0.853. The highest BCUT2D eigenvalue weighted by Gasteiger charge is 2.02. The lowest BCUT2D eigenvalue weighted by atomic mass is 10.3. The number of carboxylic acid groups (broad SMARTS) is 1. The molecule has 0 aromatic heterocycles. The van der Waals surface area contributed by atoms with Gasteiger partial charge in [-0.05, 0) is 0 Å². The molecule has 0 unspecified atom stereocenters. The average Bonchev–Trinajstić information content (AvgIpc) is 1.82. The minimum atomic E-state index is -1.09. The van der Waals surface area contributed by atoms with Crippen molar-refractivity contribution in [2.75, 3.05) is 6.54 Å². The van der Waals surface area contributed by atoms with Crippen LogP contribution in [0.5, 0.6) is 0 Å². The number of amides is 1. The molecule has 4 heteroatoms. The molecule has 0 atom stereocenters. The SMILES string of the molecule is C=C(CNC(C)=O)C(=O)O. The summed E-state index contributed by atoms with van der Waals surface area (Å²) >= 11 is 0. The summed E-state index contributed by atoms with van der Waals surface area (Å²) in [6.07, 6.45) is 0. The van der Waals surface area contributed by atoms with E-state index in [1.165, 1.54) is 6.92 Å². The van der Waals surface area contributed by atoms with E-state index < -0.39 is 5.97 Å². The Morgan fingerprint density at radius 3 is 2.40 bits per heavy atom. The Morgan fingerprint density at radius 1 is 1.60 bits per heavy atom. The zero-order valence-electron chi connectivity index (χ0n) is 5.68. The fraction of sp³-hybridized carbons (Fsp3) is 0.333. The van der Waals surface area contributed by atoms with Crippen LogP contribution in [0.15, 0.2) is 12.2 Å². The van der Waals surface area contributed by atoms with Crippen molar-refractivity contribution in [3.8, 4) is 0 Å². The largest absolute Gasteiger partial charge is 0.478 e. The molecule has 0 aromatic rings. The van der Waals surface area contributed by atoms with Gasteiger partial charge in [0.2, 0.25) is 5.91 Å². The van der Waals surface area contributed by atoms with Crippen molar-refractivity contribution in [2.24, 2.45) is 0 Å². The van der Waals surface area contributed by atoms with Crippen molar-refractivity contribution in [3.63, 3.8) is 0 Å². The molecule has 0 aromatic carbocycles. The molecule has 0 saturated carbocycles. The smallest absolute Gasteiger partial charge is 0.332 e. The first-order valence-electron chi connectivity index (χ1n) is 2.69. The summed E-state index contributed by atoms with van der Waals surface area (Å²) in [5.74, 6) is -1.35. The lowest BCUT2D eigenvalue weighted by molar-refractivity contribution is -0.132. The van der Waals surface area contributed by atoms with Gasteiger partial charge in [-0.1, -0.05) is 6.58 Å². The van der Waals surface area contributed by atoms with Gasteiger partial charge in [0.05, 0.1) is 0 Å². The second-order valence-electron chi connectivity index (χ2n) is 1.82. The Morgan fingerprint density at radius 2 is 2.10 bits per heavy atom. The number of carbonyl (C=O) groups excluding carboxylic acids is 1. The molecule has 0 radical (unpaired) electrons. The van der Waals surface area contributed by atoms with Crippen LogP contribution in [-0.2, 0) is 9.59 Å². The summed E-state index contributed by atoms with van der Waals surface area (Å²) in [5.41, 5.74) is -0.0183. The number of nitrogens with one attached hydrogen (secondary N) is 1. The zero-order chi connectivity index (χ0) is 8.15. The van der Waals surface area contributed by atoms with Crippen LogP contribution in [0.1, 0.15) is 6.92 Å². The highest BCUT2D eigenvalue weighted by atomic mass is 16.4. The number of rotatable bonds is 3. The predicted octanol–water partition coefficient (Wildman–Crippen LogP) is -0.237. The molecule has 2 N–H and O–H groups in total. The molecule has 0 bridgehead atoms. The number of carbonyl (C=O) groups is 2. The highest BCUT2D eigenvalue weighted by Crippen LogP contribution is 1.85. The van der Waals surface area contributed by atoms with Crippen molar-refractivity contribution in [2.45, 2.75) is 6.92 Å². The van der Waals surface area contributed by atoms with E-state index in [0.29, 0.717) is 0 Å². The van der Waals surface area contributed by atoms with Gasteiger partial charge in [0.25, 0.3) is 0 Å². The normalized spacial score (nSPS) is 8.50. The molecule has 0 spiro atoms. The maximum atomic E-state index is 10.2. The van der Waals surface area contributed by atoms with Crippen LogP contribution in [0.2, 0.25) is 0 Å². The summed E-state index contributed by atoms with van der Waals surface area (Å²) in [6, 6.07) is 0. The van der Waals surface area contributed by atoms with Crippen LogP contribution in [0.25, 0.3) is 0 Å². The Hall–Kier alpha value is -1.32. The Kier molecular flexibility index (Phi) is 3.17. The quantitative estimate of drug-likeness (QED) is 0.536. The van der Waals surface area contributed by atoms with Gasteiger partial charge in [-0.25, -0.2) is 4.79 Å². The second-order valence-corrected chi connectivity index (χ2v) is 1.82. The van der Waals surface area contributed by atoms with E-state index >= 15 is 0 Å². The van der Waals surface area contributed by atoms with E-state index in [-0.39, 0.29) is 18.0 Å². The zero-order valence-corrected chi connectivity index (χ0v) is 5.68. The van der Waals surface area contributed by atoms with E-state index in [1.807, 2.05) is 0 Å². The number of hydrogen-bond acceptors (Lipinski definition) is 2. The van der Waals surface area contributed by atoms with Crippen molar-refractivity contribution in [1.29, 1.82) is 0 Å². The van der Waals surface area contributed by atoms with Crippen molar-refractivity contribution in [1.82, 2.24) is 5.32 Å². The molecule has 1 amide bonds.